The lowest BCUT2D eigenvalue weighted by Gasteiger charge is -2.09. The first-order valence-corrected chi connectivity index (χ1v) is 5.65. The van der Waals surface area contributed by atoms with Gasteiger partial charge in [0.2, 0.25) is 6.21 Å². The summed E-state index contributed by atoms with van der Waals surface area (Å²) in [4.78, 5) is 0. The molecule has 0 amide bonds. The number of nitrogens with two attached hydrogens (primary N) is 2. The summed E-state index contributed by atoms with van der Waals surface area (Å²) in [7, 11) is 1.60. The van der Waals surface area contributed by atoms with E-state index in [2.05, 4.69) is 10.2 Å². The van der Waals surface area contributed by atoms with E-state index in [-0.39, 0.29) is 5.96 Å². The monoisotopic (exact) mass is 251 g/mol. The molecule has 0 heterocycles. The maximum atomic E-state index is 5.55. The van der Waals surface area contributed by atoms with Crippen molar-refractivity contribution < 1.29 is 14.6 Å². The van der Waals surface area contributed by atoms with Gasteiger partial charge in [0, 0.05) is 10.7 Å². The molecule has 0 saturated carbocycles. The van der Waals surface area contributed by atoms with Crippen LogP contribution in [-0.2, 0) is 0 Å². The normalized spacial score (nSPS) is 10.3. The maximum absolute atomic E-state index is 5.55. The quantitative estimate of drug-likeness (QED) is 0.349. The topological polar surface area (TPSA) is 96.8 Å². The smallest absolute Gasteiger partial charge is 0.256 e. The first kappa shape index (κ1) is 13.8. The van der Waals surface area contributed by atoms with E-state index in [1.165, 1.54) is 0 Å². The van der Waals surface area contributed by atoms with E-state index in [0.29, 0.717) is 12.4 Å². The molecule has 18 heavy (non-hydrogen) atoms. The van der Waals surface area contributed by atoms with Crippen LogP contribution in [0.2, 0.25) is 0 Å². The van der Waals surface area contributed by atoms with Gasteiger partial charge in [-0.3, -0.25) is 0 Å². The molecule has 0 atom stereocenters. The molecule has 0 fully saturated rings. The molecule has 6 nitrogen and oxygen atoms in total. The molecule has 0 aliphatic carbocycles. The molecular weight excluding hydrogens is 232 g/mol. The van der Waals surface area contributed by atoms with E-state index in [9.17, 15) is 0 Å². The van der Waals surface area contributed by atoms with Crippen molar-refractivity contribution in [1.29, 1.82) is 0 Å². The minimum atomic E-state index is -0.0267. The van der Waals surface area contributed by atoms with Gasteiger partial charge in [-0.15, -0.1) is 5.10 Å². The van der Waals surface area contributed by atoms with Gasteiger partial charge in [0.05, 0.1) is 13.7 Å². The maximum Gasteiger partial charge on any atom is 0.256 e. The van der Waals surface area contributed by atoms with Crippen molar-refractivity contribution >= 4 is 12.2 Å². The third-order valence-corrected chi connectivity index (χ3v) is 2.07. The number of hydrazone groups is 1. The molecule has 0 aromatic heterocycles. The molecule has 0 radical (unpaired) electrons. The number of benzene rings is 1. The fourth-order valence-corrected chi connectivity index (χ4v) is 1.29. The summed E-state index contributed by atoms with van der Waals surface area (Å²) in [6, 6.07) is 5.56. The number of nitrogens with one attached hydrogen (secondary N) is 1. The van der Waals surface area contributed by atoms with Gasteiger partial charge < -0.3 is 20.9 Å². The number of nitrogens with zero attached hydrogens (tertiary/aromatic N) is 1. The highest BCUT2D eigenvalue weighted by Gasteiger charge is 2.05. The average Bonchev–Trinajstić information content (AvgIpc) is 2.36. The van der Waals surface area contributed by atoms with Crippen LogP contribution in [0.4, 0.5) is 0 Å². The Kier molecular flexibility index (Phi) is 5.50. The van der Waals surface area contributed by atoms with Crippen molar-refractivity contribution in [2.75, 3.05) is 13.7 Å². The Morgan fingerprint density at radius 3 is 2.78 bits per heavy atom. The van der Waals surface area contributed by atoms with E-state index in [0.717, 1.165) is 17.7 Å². The fourth-order valence-electron chi connectivity index (χ4n) is 1.29. The summed E-state index contributed by atoms with van der Waals surface area (Å²) in [5, 5.41) is 6.27. The molecule has 0 saturated heterocycles. The van der Waals surface area contributed by atoms with Gasteiger partial charge in [-0.05, 0) is 24.6 Å². The first-order chi connectivity index (χ1) is 8.67. The molecule has 98 valence electrons. The first-order valence-electron chi connectivity index (χ1n) is 5.65. The zero-order valence-corrected chi connectivity index (χ0v) is 10.6. The number of hydrogen-bond acceptors (Lipinski definition) is 3. The van der Waals surface area contributed by atoms with Gasteiger partial charge in [0.25, 0.3) is 5.96 Å². The Morgan fingerprint density at radius 1 is 1.39 bits per heavy atom. The lowest BCUT2D eigenvalue weighted by atomic mass is 10.2. The number of rotatable bonds is 6. The zero-order valence-electron chi connectivity index (χ0n) is 10.6. The molecule has 1 aromatic carbocycles. The Balaban J connectivity index is 2.84. The Morgan fingerprint density at radius 2 is 2.17 bits per heavy atom. The highest BCUT2D eigenvalue weighted by Crippen LogP contribution is 2.27. The molecule has 6 heteroatoms. The molecule has 5 N–H and O–H groups in total. The van der Waals surface area contributed by atoms with Crippen LogP contribution in [0.3, 0.4) is 0 Å². The number of guanidine groups is 1. The van der Waals surface area contributed by atoms with Gasteiger partial charge in [0.1, 0.15) is 0 Å². The van der Waals surface area contributed by atoms with Crippen molar-refractivity contribution in [3.8, 4) is 11.5 Å². The van der Waals surface area contributed by atoms with Gasteiger partial charge >= 0.3 is 0 Å². The Labute approximate surface area is 106 Å². The van der Waals surface area contributed by atoms with Crippen molar-refractivity contribution in [2.24, 2.45) is 16.6 Å². The second-order valence-electron chi connectivity index (χ2n) is 3.57. The van der Waals surface area contributed by atoms with Gasteiger partial charge in [0.15, 0.2) is 11.5 Å². The SMILES string of the molecule is CCCOc1ccc(/C=[NH+]/N=C(N)N)cc1OC. The minimum absolute atomic E-state index is 0.0267. The van der Waals surface area contributed by atoms with E-state index in [1.54, 1.807) is 13.3 Å². The number of methoxy groups -OCH3 is 1. The molecule has 0 aliphatic heterocycles. The summed E-state index contributed by atoms with van der Waals surface area (Å²) >= 11 is 0. The van der Waals surface area contributed by atoms with Gasteiger partial charge in [-0.25, -0.2) is 0 Å². The molecule has 1 aromatic rings. The zero-order chi connectivity index (χ0) is 13.4. The van der Waals surface area contributed by atoms with Crippen LogP contribution in [0.5, 0.6) is 11.5 Å². The lowest BCUT2D eigenvalue weighted by Crippen LogP contribution is -2.63. The molecule has 0 unspecified atom stereocenters. The third kappa shape index (κ3) is 4.32. The summed E-state index contributed by atoms with van der Waals surface area (Å²) in [6.45, 7) is 2.71. The van der Waals surface area contributed by atoms with Gasteiger partial charge in [-0.2, -0.15) is 0 Å². The van der Waals surface area contributed by atoms with E-state index in [1.807, 2.05) is 25.1 Å². The highest BCUT2D eigenvalue weighted by atomic mass is 16.5. The van der Waals surface area contributed by atoms with Gasteiger partial charge in [-0.1, -0.05) is 6.92 Å². The van der Waals surface area contributed by atoms with Crippen LogP contribution in [-0.4, -0.2) is 25.9 Å². The fraction of sp³-hybridized carbons (Fsp3) is 0.333. The molecule has 0 spiro atoms. The molecular formula is C12H19N4O2+. The second kappa shape index (κ2) is 7.16. The lowest BCUT2D eigenvalue weighted by molar-refractivity contribution is -0.456. The number of ether oxygens (including phenoxy) is 2. The Hall–Kier alpha value is -2.24. The van der Waals surface area contributed by atoms with Crippen molar-refractivity contribution in [1.82, 2.24) is 0 Å². The summed E-state index contributed by atoms with van der Waals surface area (Å²) in [5.41, 5.74) is 11.3. The van der Waals surface area contributed by atoms with Crippen LogP contribution >= 0.6 is 0 Å². The molecule has 0 aliphatic rings. The summed E-state index contributed by atoms with van der Waals surface area (Å²) in [6.07, 6.45) is 2.61. The summed E-state index contributed by atoms with van der Waals surface area (Å²) < 4.78 is 10.8. The minimum Gasteiger partial charge on any atom is -0.493 e. The van der Waals surface area contributed by atoms with E-state index < -0.39 is 0 Å². The van der Waals surface area contributed by atoms with E-state index >= 15 is 0 Å². The van der Waals surface area contributed by atoms with Crippen LogP contribution in [0.1, 0.15) is 18.9 Å². The Bertz CT molecular complexity index is 440. The standard InChI is InChI=1S/C12H18N4O2/c1-3-6-18-10-5-4-9(7-11(10)17-2)8-15-16-12(13)14/h4-5,7-8H,3,6H2,1-2H3,(H4,13,14,16)/p+1/b15-8+. The highest BCUT2D eigenvalue weighted by molar-refractivity contribution is 5.78. The van der Waals surface area contributed by atoms with Crippen molar-refractivity contribution in [3.63, 3.8) is 0 Å². The molecule has 1 rings (SSSR count). The summed E-state index contributed by atoms with van der Waals surface area (Å²) in [5.74, 6) is 1.36. The van der Waals surface area contributed by atoms with Crippen molar-refractivity contribution in [2.45, 2.75) is 13.3 Å². The van der Waals surface area contributed by atoms with Crippen LogP contribution in [0.15, 0.2) is 23.3 Å². The second-order valence-corrected chi connectivity index (χ2v) is 3.57. The molecule has 0 bridgehead atoms. The van der Waals surface area contributed by atoms with Crippen molar-refractivity contribution in [3.05, 3.63) is 23.8 Å². The predicted molar refractivity (Wildman–Crippen MR) is 70.7 cm³/mol. The third-order valence-electron chi connectivity index (χ3n) is 2.07. The van der Waals surface area contributed by atoms with E-state index in [4.69, 9.17) is 20.9 Å². The number of hydrogen-bond donors (Lipinski definition) is 3. The average molecular weight is 251 g/mol. The predicted octanol–water partition coefficient (Wildman–Crippen LogP) is -0.828. The van der Waals surface area contributed by atoms with Crippen LogP contribution < -0.4 is 26.0 Å². The largest absolute Gasteiger partial charge is 0.493 e. The van der Waals surface area contributed by atoms with Crippen LogP contribution in [0, 0.1) is 0 Å². The van der Waals surface area contributed by atoms with Crippen LogP contribution in [0.25, 0.3) is 0 Å².